The van der Waals surface area contributed by atoms with Crippen molar-refractivity contribution >= 4 is 11.8 Å². The van der Waals surface area contributed by atoms with Crippen LogP contribution in [0.2, 0.25) is 0 Å². The van der Waals surface area contributed by atoms with Gasteiger partial charge in [0.2, 0.25) is 6.54 Å². The molecule has 0 unspecified atom stereocenters. The fourth-order valence-corrected chi connectivity index (χ4v) is 4.47. The summed E-state index contributed by atoms with van der Waals surface area (Å²) in [5.41, 5.74) is 1.58. The molecule has 1 heterocycles. The maximum atomic E-state index is 11.5. The largest absolute Gasteiger partial charge is 0.494 e. The van der Waals surface area contributed by atoms with Crippen LogP contribution >= 0.6 is 11.8 Å². The van der Waals surface area contributed by atoms with Crippen LogP contribution in [0, 0.1) is 17.0 Å². The maximum absolute atomic E-state index is 11.5. The second-order valence-electron chi connectivity index (χ2n) is 7.15. The first-order valence-corrected chi connectivity index (χ1v) is 11.8. The summed E-state index contributed by atoms with van der Waals surface area (Å²) in [6.45, 7) is 10.4. The standard InChI is InChI=1S/C24H28N4O5S/c1-5-14-33-21-13-8-18(15-22(21)32-7-3)23(16-27(29)30)34-24-26-25-17(4)28(24)19-9-11-20(12-10-19)31-6-2/h5,8-13,15,23H,1,6-7,14,16H2,2-4H3/t23-/m0/s1. The summed E-state index contributed by atoms with van der Waals surface area (Å²) >= 11 is 1.28. The van der Waals surface area contributed by atoms with E-state index in [1.165, 1.54) is 11.8 Å². The van der Waals surface area contributed by atoms with Crippen LogP contribution in [0.1, 0.15) is 30.5 Å². The lowest BCUT2D eigenvalue weighted by Crippen LogP contribution is -2.11. The first-order chi connectivity index (χ1) is 16.5. The number of aryl methyl sites for hydroxylation is 1. The van der Waals surface area contributed by atoms with Gasteiger partial charge in [0.05, 0.1) is 13.2 Å². The Labute approximate surface area is 202 Å². The molecule has 3 rings (SSSR count). The Kier molecular flexibility index (Phi) is 8.92. The summed E-state index contributed by atoms with van der Waals surface area (Å²) in [5, 5.41) is 20.1. The molecule has 0 bridgehead atoms. The Hall–Kier alpha value is -3.53. The van der Waals surface area contributed by atoms with Gasteiger partial charge in [-0.05, 0) is 62.7 Å². The van der Waals surface area contributed by atoms with E-state index in [4.69, 9.17) is 14.2 Å². The predicted molar refractivity (Wildman–Crippen MR) is 131 cm³/mol. The highest BCUT2D eigenvalue weighted by molar-refractivity contribution is 7.99. The lowest BCUT2D eigenvalue weighted by atomic mass is 10.1. The zero-order valence-corrected chi connectivity index (χ0v) is 20.3. The third-order valence-corrected chi connectivity index (χ3v) is 5.94. The SMILES string of the molecule is C=CCOc1ccc([C@H](C[N+](=O)[O-])Sc2nnc(C)n2-c2ccc(OCC)cc2)cc1OCC. The van der Waals surface area contributed by atoms with Crippen LogP contribution in [0.3, 0.4) is 0 Å². The van der Waals surface area contributed by atoms with Crippen molar-refractivity contribution in [3.8, 4) is 22.9 Å². The van der Waals surface area contributed by atoms with Gasteiger partial charge in [0.1, 0.15) is 23.4 Å². The van der Waals surface area contributed by atoms with E-state index in [1.54, 1.807) is 18.2 Å². The normalized spacial score (nSPS) is 11.6. The molecule has 0 spiro atoms. The zero-order valence-electron chi connectivity index (χ0n) is 19.5. The van der Waals surface area contributed by atoms with Gasteiger partial charge < -0.3 is 14.2 Å². The van der Waals surface area contributed by atoms with Crippen molar-refractivity contribution in [3.63, 3.8) is 0 Å². The second kappa shape index (κ2) is 12.1. The Morgan fingerprint density at radius 2 is 1.82 bits per heavy atom. The van der Waals surface area contributed by atoms with Crippen LogP contribution in [-0.4, -0.2) is 46.1 Å². The monoisotopic (exact) mass is 484 g/mol. The Balaban J connectivity index is 1.94. The minimum Gasteiger partial charge on any atom is -0.494 e. The van der Waals surface area contributed by atoms with Gasteiger partial charge in [0.25, 0.3) is 0 Å². The van der Waals surface area contributed by atoms with Gasteiger partial charge in [-0.3, -0.25) is 14.7 Å². The van der Waals surface area contributed by atoms with Crippen LogP contribution in [0.5, 0.6) is 17.2 Å². The topological polar surface area (TPSA) is 102 Å². The predicted octanol–water partition coefficient (Wildman–Crippen LogP) is 5.05. The van der Waals surface area contributed by atoms with Crippen LogP contribution in [0.4, 0.5) is 0 Å². The van der Waals surface area contributed by atoms with Gasteiger partial charge in [0.15, 0.2) is 16.7 Å². The van der Waals surface area contributed by atoms with E-state index < -0.39 is 5.25 Å². The number of nitrogens with zero attached hydrogens (tertiary/aromatic N) is 4. The van der Waals surface area contributed by atoms with Gasteiger partial charge in [-0.15, -0.1) is 10.2 Å². The fourth-order valence-electron chi connectivity index (χ4n) is 3.31. The van der Waals surface area contributed by atoms with Crippen molar-refractivity contribution in [3.05, 3.63) is 76.6 Å². The van der Waals surface area contributed by atoms with Crippen LogP contribution in [0.25, 0.3) is 5.69 Å². The fraction of sp³-hybridized carbons (Fsp3) is 0.333. The molecule has 3 aromatic rings. The van der Waals surface area contributed by atoms with E-state index >= 15 is 0 Å². The number of rotatable bonds is 13. The van der Waals surface area contributed by atoms with E-state index in [9.17, 15) is 10.1 Å². The maximum Gasteiger partial charge on any atom is 0.220 e. The minimum absolute atomic E-state index is 0.293. The molecule has 0 saturated heterocycles. The number of thioether (sulfide) groups is 1. The van der Waals surface area contributed by atoms with Crippen molar-refractivity contribution < 1.29 is 19.1 Å². The zero-order chi connectivity index (χ0) is 24.5. The minimum atomic E-state index is -0.521. The molecule has 9 nitrogen and oxygen atoms in total. The van der Waals surface area contributed by atoms with Gasteiger partial charge >= 0.3 is 0 Å². The molecule has 0 aliphatic rings. The lowest BCUT2D eigenvalue weighted by Gasteiger charge is -2.17. The molecule has 0 aliphatic heterocycles. The smallest absolute Gasteiger partial charge is 0.220 e. The summed E-state index contributed by atoms with van der Waals surface area (Å²) in [6, 6.07) is 12.9. The molecular weight excluding hydrogens is 456 g/mol. The molecule has 2 aromatic carbocycles. The van der Waals surface area contributed by atoms with Crippen molar-refractivity contribution in [2.75, 3.05) is 26.4 Å². The lowest BCUT2D eigenvalue weighted by molar-refractivity contribution is -0.479. The number of benzene rings is 2. The number of aromatic nitrogens is 3. The highest BCUT2D eigenvalue weighted by Gasteiger charge is 2.25. The van der Waals surface area contributed by atoms with Gasteiger partial charge in [-0.25, -0.2) is 0 Å². The molecule has 0 amide bonds. The molecule has 0 radical (unpaired) electrons. The Morgan fingerprint density at radius 1 is 1.09 bits per heavy atom. The molecule has 10 heteroatoms. The second-order valence-corrected chi connectivity index (χ2v) is 8.32. The molecule has 1 aromatic heterocycles. The molecule has 0 aliphatic carbocycles. The number of hydrogen-bond acceptors (Lipinski definition) is 8. The van der Waals surface area contributed by atoms with E-state index in [0.29, 0.717) is 42.3 Å². The van der Waals surface area contributed by atoms with E-state index in [-0.39, 0.29) is 11.5 Å². The molecule has 1 atom stereocenters. The average Bonchev–Trinajstić information content (AvgIpc) is 3.18. The summed E-state index contributed by atoms with van der Waals surface area (Å²) in [7, 11) is 0. The van der Waals surface area contributed by atoms with Gasteiger partial charge in [-0.2, -0.15) is 0 Å². The summed E-state index contributed by atoms with van der Waals surface area (Å²) < 4.78 is 18.8. The molecule has 34 heavy (non-hydrogen) atoms. The number of hydrogen-bond donors (Lipinski definition) is 0. The number of ether oxygens (including phenoxy) is 3. The van der Waals surface area contributed by atoms with Crippen LogP contribution in [0.15, 0.2) is 60.3 Å². The van der Waals surface area contributed by atoms with Gasteiger partial charge in [0, 0.05) is 10.6 Å². The third-order valence-electron chi connectivity index (χ3n) is 4.76. The van der Waals surface area contributed by atoms with Crippen molar-refractivity contribution in [2.45, 2.75) is 31.2 Å². The average molecular weight is 485 g/mol. The molecule has 0 fully saturated rings. The van der Waals surface area contributed by atoms with Crippen LogP contribution in [-0.2, 0) is 0 Å². The van der Waals surface area contributed by atoms with Crippen LogP contribution < -0.4 is 14.2 Å². The quantitative estimate of drug-likeness (QED) is 0.144. The Bertz CT molecular complexity index is 1120. The van der Waals surface area contributed by atoms with E-state index in [1.807, 2.05) is 55.7 Å². The van der Waals surface area contributed by atoms with Crippen molar-refractivity contribution in [1.82, 2.24) is 14.8 Å². The van der Waals surface area contributed by atoms with Crippen molar-refractivity contribution in [2.24, 2.45) is 0 Å². The Morgan fingerprint density at radius 3 is 2.47 bits per heavy atom. The summed E-state index contributed by atoms with van der Waals surface area (Å²) in [6.07, 6.45) is 1.64. The first kappa shape index (κ1) is 25.1. The molecule has 0 N–H and O–H groups in total. The third kappa shape index (κ3) is 6.28. The van der Waals surface area contributed by atoms with E-state index in [2.05, 4.69) is 16.8 Å². The van der Waals surface area contributed by atoms with E-state index in [0.717, 1.165) is 17.0 Å². The summed E-state index contributed by atoms with van der Waals surface area (Å²) in [5.74, 6) is 2.53. The first-order valence-electron chi connectivity index (χ1n) is 10.9. The molecular formula is C24H28N4O5S. The molecule has 0 saturated carbocycles. The number of nitro groups is 1. The summed E-state index contributed by atoms with van der Waals surface area (Å²) in [4.78, 5) is 11.2. The van der Waals surface area contributed by atoms with Gasteiger partial charge in [-0.1, -0.05) is 30.5 Å². The highest BCUT2D eigenvalue weighted by Crippen LogP contribution is 2.39. The highest BCUT2D eigenvalue weighted by atomic mass is 32.2. The molecule has 180 valence electrons. The van der Waals surface area contributed by atoms with Crippen molar-refractivity contribution in [1.29, 1.82) is 0 Å².